The van der Waals surface area contributed by atoms with Gasteiger partial charge in [-0.2, -0.15) is 0 Å². The van der Waals surface area contributed by atoms with E-state index < -0.39 is 0 Å². The Bertz CT molecular complexity index is 611. The summed E-state index contributed by atoms with van der Waals surface area (Å²) < 4.78 is 5.83. The van der Waals surface area contributed by atoms with Gasteiger partial charge in [0, 0.05) is 11.1 Å². The van der Waals surface area contributed by atoms with Crippen LogP contribution in [0.5, 0.6) is 11.5 Å². The van der Waals surface area contributed by atoms with Gasteiger partial charge < -0.3 is 10.5 Å². The molecule has 20 heavy (non-hydrogen) atoms. The Balaban J connectivity index is 2.21. The third-order valence-electron chi connectivity index (χ3n) is 2.91. The molecule has 0 fully saturated rings. The zero-order valence-corrected chi connectivity index (χ0v) is 13.0. The molecule has 0 aliphatic carbocycles. The smallest absolute Gasteiger partial charge is 0.146 e. The third kappa shape index (κ3) is 3.89. The first-order chi connectivity index (χ1) is 9.45. The maximum absolute atomic E-state index is 6.11. The molecule has 2 nitrogen and oxygen atoms in total. The summed E-state index contributed by atoms with van der Waals surface area (Å²) in [6, 6.07) is 11.4. The van der Waals surface area contributed by atoms with Crippen molar-refractivity contribution in [2.75, 3.05) is 0 Å². The fourth-order valence-corrected chi connectivity index (χ4v) is 2.45. The zero-order valence-electron chi connectivity index (χ0n) is 11.5. The van der Waals surface area contributed by atoms with E-state index in [-0.39, 0.29) is 6.04 Å². The predicted molar refractivity (Wildman–Crippen MR) is 85.1 cm³/mol. The zero-order chi connectivity index (χ0) is 14.7. The van der Waals surface area contributed by atoms with E-state index in [0.29, 0.717) is 15.8 Å². The molecule has 0 saturated carbocycles. The van der Waals surface area contributed by atoms with Crippen LogP contribution in [0.4, 0.5) is 0 Å². The van der Waals surface area contributed by atoms with Crippen LogP contribution in [0, 0.1) is 6.92 Å². The lowest BCUT2D eigenvalue weighted by Crippen LogP contribution is -2.17. The van der Waals surface area contributed by atoms with Crippen molar-refractivity contribution < 1.29 is 4.74 Å². The van der Waals surface area contributed by atoms with E-state index in [4.69, 9.17) is 33.7 Å². The quantitative estimate of drug-likeness (QED) is 0.864. The van der Waals surface area contributed by atoms with E-state index in [1.165, 1.54) is 5.56 Å². The molecule has 2 rings (SSSR count). The number of rotatable bonds is 4. The largest absolute Gasteiger partial charge is 0.456 e. The fourth-order valence-electron chi connectivity index (χ4n) is 2.00. The van der Waals surface area contributed by atoms with Crippen molar-refractivity contribution in [2.24, 2.45) is 5.73 Å². The molecule has 0 saturated heterocycles. The number of ether oxygens (including phenoxy) is 1. The Hall–Kier alpha value is -1.22. The summed E-state index contributed by atoms with van der Waals surface area (Å²) in [6.07, 6.45) is 0.850. The van der Waals surface area contributed by atoms with Crippen LogP contribution in [-0.2, 0) is 6.42 Å². The van der Waals surface area contributed by atoms with Gasteiger partial charge in [-0.1, -0.05) is 35.3 Å². The van der Waals surface area contributed by atoms with Gasteiger partial charge in [0.2, 0.25) is 0 Å². The van der Waals surface area contributed by atoms with Crippen LogP contribution in [0.2, 0.25) is 10.0 Å². The van der Waals surface area contributed by atoms with Crippen LogP contribution < -0.4 is 10.5 Å². The van der Waals surface area contributed by atoms with Crippen molar-refractivity contribution in [1.29, 1.82) is 0 Å². The standard InChI is InChI=1S/C16H17Cl2NO/c1-10-7-12(8-11(2)19)3-5-15(10)20-16-6-4-13(17)9-14(16)18/h3-7,9,11H,8,19H2,1-2H3. The van der Waals surface area contributed by atoms with Crippen LogP contribution in [-0.4, -0.2) is 6.04 Å². The van der Waals surface area contributed by atoms with E-state index in [1.54, 1.807) is 18.2 Å². The molecule has 106 valence electrons. The molecule has 0 spiro atoms. The fraction of sp³-hybridized carbons (Fsp3) is 0.250. The molecule has 2 aromatic rings. The van der Waals surface area contributed by atoms with Crippen molar-refractivity contribution >= 4 is 23.2 Å². The molecule has 0 bridgehead atoms. The molecule has 1 unspecified atom stereocenters. The number of aryl methyl sites for hydroxylation is 1. The lowest BCUT2D eigenvalue weighted by Gasteiger charge is -2.12. The van der Waals surface area contributed by atoms with Gasteiger partial charge >= 0.3 is 0 Å². The van der Waals surface area contributed by atoms with Gasteiger partial charge in [-0.3, -0.25) is 0 Å². The summed E-state index contributed by atoms with van der Waals surface area (Å²) in [5.74, 6) is 1.38. The number of halogens is 2. The summed E-state index contributed by atoms with van der Waals surface area (Å²) in [4.78, 5) is 0. The van der Waals surface area contributed by atoms with Crippen molar-refractivity contribution in [2.45, 2.75) is 26.3 Å². The van der Waals surface area contributed by atoms with Crippen molar-refractivity contribution in [3.05, 3.63) is 57.6 Å². The van der Waals surface area contributed by atoms with Gasteiger partial charge in [-0.25, -0.2) is 0 Å². The highest BCUT2D eigenvalue weighted by Crippen LogP contribution is 2.33. The summed E-state index contributed by atoms with van der Waals surface area (Å²) in [6.45, 7) is 4.00. The summed E-state index contributed by atoms with van der Waals surface area (Å²) in [5.41, 5.74) is 8.06. The first-order valence-corrected chi connectivity index (χ1v) is 7.19. The van der Waals surface area contributed by atoms with E-state index in [0.717, 1.165) is 17.7 Å². The second-order valence-corrected chi connectivity index (χ2v) is 5.80. The maximum Gasteiger partial charge on any atom is 0.146 e. The lowest BCUT2D eigenvalue weighted by molar-refractivity contribution is 0.479. The minimum absolute atomic E-state index is 0.145. The monoisotopic (exact) mass is 309 g/mol. The molecule has 0 amide bonds. The number of nitrogens with two attached hydrogens (primary N) is 1. The van der Waals surface area contributed by atoms with Gasteiger partial charge in [0.1, 0.15) is 11.5 Å². The molecule has 0 aliphatic rings. The summed E-state index contributed by atoms with van der Waals surface area (Å²) in [5, 5.41) is 1.09. The first-order valence-electron chi connectivity index (χ1n) is 6.43. The molecule has 1 atom stereocenters. The maximum atomic E-state index is 6.11. The van der Waals surface area contributed by atoms with E-state index in [1.807, 2.05) is 26.0 Å². The summed E-state index contributed by atoms with van der Waals surface area (Å²) >= 11 is 12.0. The Labute approximate surface area is 129 Å². The highest BCUT2D eigenvalue weighted by atomic mass is 35.5. The van der Waals surface area contributed by atoms with Gasteiger partial charge in [0.05, 0.1) is 5.02 Å². The van der Waals surface area contributed by atoms with Crippen molar-refractivity contribution in [3.63, 3.8) is 0 Å². The first kappa shape index (κ1) is 15.2. The van der Waals surface area contributed by atoms with Crippen molar-refractivity contribution in [1.82, 2.24) is 0 Å². The Morgan fingerprint density at radius 1 is 1.10 bits per heavy atom. The number of hydrogen-bond donors (Lipinski definition) is 1. The van der Waals surface area contributed by atoms with Crippen LogP contribution >= 0.6 is 23.2 Å². The lowest BCUT2D eigenvalue weighted by atomic mass is 10.0. The Morgan fingerprint density at radius 3 is 2.40 bits per heavy atom. The molecular formula is C16H17Cl2NO. The van der Waals surface area contributed by atoms with Crippen LogP contribution in [0.1, 0.15) is 18.1 Å². The average molecular weight is 310 g/mol. The van der Waals surface area contributed by atoms with E-state index in [2.05, 4.69) is 6.07 Å². The van der Waals surface area contributed by atoms with E-state index in [9.17, 15) is 0 Å². The topological polar surface area (TPSA) is 35.2 Å². The van der Waals surface area contributed by atoms with Crippen molar-refractivity contribution in [3.8, 4) is 11.5 Å². The molecular weight excluding hydrogens is 293 g/mol. The Morgan fingerprint density at radius 2 is 1.80 bits per heavy atom. The van der Waals surface area contributed by atoms with Gasteiger partial charge in [-0.05, 0) is 55.7 Å². The minimum atomic E-state index is 0.145. The SMILES string of the molecule is Cc1cc(CC(C)N)ccc1Oc1ccc(Cl)cc1Cl. The van der Waals surface area contributed by atoms with Gasteiger partial charge in [0.15, 0.2) is 0 Å². The normalized spacial score (nSPS) is 12.2. The van der Waals surface area contributed by atoms with Gasteiger partial charge in [0.25, 0.3) is 0 Å². The predicted octanol–water partition coefficient (Wildman–Crippen LogP) is 4.98. The molecule has 0 radical (unpaired) electrons. The molecule has 0 aliphatic heterocycles. The average Bonchev–Trinajstić information content (AvgIpc) is 2.34. The summed E-state index contributed by atoms with van der Waals surface area (Å²) in [7, 11) is 0. The highest BCUT2D eigenvalue weighted by Gasteiger charge is 2.07. The second kappa shape index (κ2) is 6.49. The number of benzene rings is 2. The molecule has 2 aromatic carbocycles. The minimum Gasteiger partial charge on any atom is -0.456 e. The molecule has 0 heterocycles. The van der Waals surface area contributed by atoms with E-state index >= 15 is 0 Å². The highest BCUT2D eigenvalue weighted by molar-refractivity contribution is 6.35. The van der Waals surface area contributed by atoms with Gasteiger partial charge in [-0.15, -0.1) is 0 Å². The molecule has 4 heteroatoms. The third-order valence-corrected chi connectivity index (χ3v) is 3.44. The molecule has 0 aromatic heterocycles. The van der Waals surface area contributed by atoms with Crippen LogP contribution in [0.25, 0.3) is 0 Å². The number of hydrogen-bond acceptors (Lipinski definition) is 2. The van der Waals surface area contributed by atoms with Crippen LogP contribution in [0.3, 0.4) is 0 Å². The molecule has 2 N–H and O–H groups in total. The van der Waals surface area contributed by atoms with Crippen LogP contribution in [0.15, 0.2) is 36.4 Å². The second-order valence-electron chi connectivity index (χ2n) is 4.96. The Kier molecular flexibility index (Phi) is 4.92.